The maximum Gasteiger partial charge on any atom is 0.286 e. The van der Waals surface area contributed by atoms with Gasteiger partial charge in [0.2, 0.25) is 6.29 Å². The number of carbonyl (C=O) groups excluding carboxylic acids is 1. The zero-order chi connectivity index (χ0) is 20.5. The van der Waals surface area contributed by atoms with E-state index in [0.29, 0.717) is 26.0 Å². The van der Waals surface area contributed by atoms with Gasteiger partial charge in [0.1, 0.15) is 0 Å². The van der Waals surface area contributed by atoms with Gasteiger partial charge >= 0.3 is 0 Å². The largest absolute Gasteiger partial charge is 0.459 e. The monoisotopic (exact) mass is 459 g/mol. The van der Waals surface area contributed by atoms with Crippen molar-refractivity contribution in [2.24, 2.45) is 0 Å². The summed E-state index contributed by atoms with van der Waals surface area (Å²) in [7, 11) is 0. The second-order valence-electron chi connectivity index (χ2n) is 6.94. The van der Waals surface area contributed by atoms with Crippen LogP contribution in [-0.2, 0) is 20.8 Å². The number of ether oxygens (including phenoxy) is 2. The number of hydrogen-bond acceptors (Lipinski definition) is 4. The molecule has 0 radical (unpaired) electrons. The maximum atomic E-state index is 12.7. The third-order valence-corrected chi connectivity index (χ3v) is 5.26. The van der Waals surface area contributed by atoms with Crippen molar-refractivity contribution in [2.45, 2.75) is 38.0 Å². The van der Waals surface area contributed by atoms with Crippen LogP contribution in [0.2, 0.25) is 0 Å². The summed E-state index contributed by atoms with van der Waals surface area (Å²) in [6.45, 7) is 1.06. The molecule has 1 amide bonds. The molecule has 2 N–H and O–H groups in total. The summed E-state index contributed by atoms with van der Waals surface area (Å²) in [4.78, 5) is 12.7. The first-order chi connectivity index (χ1) is 14.2. The van der Waals surface area contributed by atoms with Gasteiger partial charge in [-0.15, -0.1) is 0 Å². The van der Waals surface area contributed by atoms with Crippen LogP contribution in [0.15, 0.2) is 70.9 Å². The molecule has 2 atom stereocenters. The van der Waals surface area contributed by atoms with Crippen LogP contribution in [0.3, 0.4) is 0 Å². The van der Waals surface area contributed by atoms with Gasteiger partial charge in [-0.2, -0.15) is 0 Å². The Morgan fingerprint density at radius 1 is 1.14 bits per heavy atom. The minimum absolute atomic E-state index is 0.0252. The molecule has 1 aliphatic rings. The van der Waals surface area contributed by atoms with Gasteiger partial charge in [0.15, 0.2) is 5.76 Å². The minimum atomic E-state index is -0.496. The minimum Gasteiger partial charge on any atom is -0.459 e. The predicted molar refractivity (Wildman–Crippen MR) is 115 cm³/mol. The van der Waals surface area contributed by atoms with Crippen molar-refractivity contribution in [3.8, 4) is 0 Å². The molecule has 1 aliphatic heterocycles. The summed E-state index contributed by atoms with van der Waals surface area (Å²) in [6.07, 6.45) is 3.44. The fourth-order valence-corrected chi connectivity index (χ4v) is 3.42. The van der Waals surface area contributed by atoms with Crippen LogP contribution in [-0.4, -0.2) is 30.5 Å². The van der Waals surface area contributed by atoms with Crippen LogP contribution >= 0.6 is 15.9 Å². The highest BCUT2D eigenvalue weighted by molar-refractivity contribution is 9.10. The zero-order valence-electron chi connectivity index (χ0n) is 16.2. The average molecular weight is 460 g/mol. The Morgan fingerprint density at radius 2 is 1.90 bits per heavy atom. The highest BCUT2D eigenvalue weighted by Crippen LogP contribution is 2.32. The van der Waals surface area contributed by atoms with Crippen LogP contribution in [0.1, 0.15) is 36.3 Å². The van der Waals surface area contributed by atoms with Crippen molar-refractivity contribution in [2.75, 3.05) is 13.2 Å². The van der Waals surface area contributed by atoms with Crippen molar-refractivity contribution < 1.29 is 19.4 Å². The SMILES string of the molecule is O=C(NCc1ccccc1)C1=C[C@@H](c2ccc(Br)cc2)C[C@@H](OCCCCO)O1. The molecule has 1 heterocycles. The van der Waals surface area contributed by atoms with Crippen LogP contribution < -0.4 is 5.32 Å². The second-order valence-corrected chi connectivity index (χ2v) is 7.86. The zero-order valence-corrected chi connectivity index (χ0v) is 17.8. The molecule has 6 heteroatoms. The molecule has 0 unspecified atom stereocenters. The van der Waals surface area contributed by atoms with Crippen LogP contribution in [0, 0.1) is 0 Å². The summed E-state index contributed by atoms with van der Waals surface area (Å²) in [5, 5.41) is 11.8. The number of unbranched alkanes of at least 4 members (excludes halogenated alkanes) is 1. The van der Waals surface area contributed by atoms with E-state index in [-0.39, 0.29) is 24.2 Å². The second kappa shape index (κ2) is 11.1. The number of halogens is 1. The van der Waals surface area contributed by atoms with Crippen molar-refractivity contribution in [1.82, 2.24) is 5.32 Å². The lowest BCUT2D eigenvalue weighted by atomic mass is 9.93. The first-order valence-corrected chi connectivity index (χ1v) is 10.6. The molecule has 5 nitrogen and oxygen atoms in total. The van der Waals surface area contributed by atoms with E-state index >= 15 is 0 Å². The Kier molecular flexibility index (Phi) is 8.28. The van der Waals surface area contributed by atoms with Crippen molar-refractivity contribution in [3.63, 3.8) is 0 Å². The highest BCUT2D eigenvalue weighted by Gasteiger charge is 2.28. The summed E-state index contributed by atoms with van der Waals surface area (Å²) in [5.41, 5.74) is 2.13. The topological polar surface area (TPSA) is 67.8 Å². The lowest BCUT2D eigenvalue weighted by Gasteiger charge is -2.29. The van der Waals surface area contributed by atoms with E-state index in [1.165, 1.54) is 0 Å². The summed E-state index contributed by atoms with van der Waals surface area (Å²) < 4.78 is 12.7. The Bertz CT molecular complexity index is 807. The molecule has 3 rings (SSSR count). The fourth-order valence-electron chi connectivity index (χ4n) is 3.15. The summed E-state index contributed by atoms with van der Waals surface area (Å²) in [5.74, 6) is 0.0593. The molecule has 0 bridgehead atoms. The lowest BCUT2D eigenvalue weighted by molar-refractivity contribution is -0.146. The molecule has 0 aliphatic carbocycles. The van der Waals surface area contributed by atoms with Gasteiger partial charge in [-0.05, 0) is 42.2 Å². The number of allylic oxidation sites excluding steroid dienone is 1. The Hall–Kier alpha value is -2.15. The van der Waals surface area contributed by atoms with Gasteiger partial charge < -0.3 is 19.9 Å². The quantitative estimate of drug-likeness (QED) is 0.549. The average Bonchev–Trinajstić information content (AvgIpc) is 2.76. The van der Waals surface area contributed by atoms with Gasteiger partial charge in [-0.3, -0.25) is 4.79 Å². The van der Waals surface area contributed by atoms with Crippen LogP contribution in [0.25, 0.3) is 0 Å². The number of amides is 1. The van der Waals surface area contributed by atoms with E-state index in [2.05, 4.69) is 21.2 Å². The number of aliphatic hydroxyl groups excluding tert-OH is 1. The van der Waals surface area contributed by atoms with Crippen LogP contribution in [0.4, 0.5) is 0 Å². The number of nitrogens with one attached hydrogen (secondary N) is 1. The third-order valence-electron chi connectivity index (χ3n) is 4.73. The smallest absolute Gasteiger partial charge is 0.286 e. The van der Waals surface area contributed by atoms with E-state index in [0.717, 1.165) is 22.0 Å². The number of rotatable bonds is 9. The van der Waals surface area contributed by atoms with E-state index in [1.807, 2.05) is 60.7 Å². The number of benzene rings is 2. The molecule has 0 spiro atoms. The maximum absolute atomic E-state index is 12.7. The summed E-state index contributed by atoms with van der Waals surface area (Å²) >= 11 is 3.46. The Labute approximate surface area is 179 Å². The van der Waals surface area contributed by atoms with Crippen molar-refractivity contribution in [1.29, 1.82) is 0 Å². The molecular formula is C23H26BrNO4. The van der Waals surface area contributed by atoms with Gasteiger partial charge in [0, 0.05) is 30.0 Å². The standard InChI is InChI=1S/C23H26BrNO4/c24-20-10-8-18(9-11-20)19-14-21(29-22(15-19)28-13-5-4-12-26)23(27)25-16-17-6-2-1-3-7-17/h1-3,6-11,14,19,22,26H,4-5,12-13,15-16H2,(H,25,27)/t19-,22+/m1/s1. The molecule has 2 aromatic rings. The van der Waals surface area contributed by atoms with Gasteiger partial charge in [-0.25, -0.2) is 0 Å². The van der Waals surface area contributed by atoms with Crippen molar-refractivity contribution >= 4 is 21.8 Å². The molecule has 154 valence electrons. The Morgan fingerprint density at radius 3 is 2.62 bits per heavy atom. The first kappa shape index (κ1) is 21.6. The molecule has 0 aromatic heterocycles. The number of aliphatic hydroxyl groups is 1. The molecular weight excluding hydrogens is 434 g/mol. The predicted octanol–water partition coefficient (Wildman–Crippen LogP) is 4.27. The molecule has 2 aromatic carbocycles. The van der Waals surface area contributed by atoms with Gasteiger partial charge in [-0.1, -0.05) is 58.4 Å². The van der Waals surface area contributed by atoms with E-state index < -0.39 is 6.29 Å². The van der Waals surface area contributed by atoms with Gasteiger partial charge in [0.05, 0.1) is 6.61 Å². The lowest BCUT2D eigenvalue weighted by Crippen LogP contribution is -2.32. The number of hydrogen-bond donors (Lipinski definition) is 2. The van der Waals surface area contributed by atoms with E-state index in [9.17, 15) is 4.79 Å². The third kappa shape index (κ3) is 6.70. The van der Waals surface area contributed by atoms with E-state index in [1.54, 1.807) is 0 Å². The van der Waals surface area contributed by atoms with Crippen molar-refractivity contribution in [3.05, 3.63) is 82.0 Å². The van der Waals surface area contributed by atoms with Crippen LogP contribution in [0.5, 0.6) is 0 Å². The highest BCUT2D eigenvalue weighted by atomic mass is 79.9. The Balaban J connectivity index is 1.69. The normalized spacial score (nSPS) is 18.6. The molecule has 0 fully saturated rings. The molecule has 0 saturated carbocycles. The summed E-state index contributed by atoms with van der Waals surface area (Å²) in [6, 6.07) is 17.8. The fraction of sp³-hybridized carbons (Fsp3) is 0.348. The molecule has 0 saturated heterocycles. The first-order valence-electron chi connectivity index (χ1n) is 9.84. The molecule has 29 heavy (non-hydrogen) atoms. The van der Waals surface area contributed by atoms with E-state index in [4.69, 9.17) is 14.6 Å². The van der Waals surface area contributed by atoms with Gasteiger partial charge in [0.25, 0.3) is 5.91 Å². The number of carbonyl (C=O) groups is 1.